The van der Waals surface area contributed by atoms with Gasteiger partial charge in [0.05, 0.1) is 17.4 Å². The number of rotatable bonds is 3. The predicted molar refractivity (Wildman–Crippen MR) is 115 cm³/mol. The number of H-pyrrole nitrogens is 1. The van der Waals surface area contributed by atoms with Crippen LogP contribution in [-0.2, 0) is 7.05 Å². The molecule has 0 aliphatic rings. The molecule has 3 heterocycles. The molecule has 148 valence electrons. The Morgan fingerprint density at radius 1 is 1.10 bits per heavy atom. The smallest absolute Gasteiger partial charge is 0.274 e. The molecule has 0 radical (unpaired) electrons. The first kappa shape index (κ1) is 17.9. The summed E-state index contributed by atoms with van der Waals surface area (Å²) >= 11 is 0. The van der Waals surface area contributed by atoms with E-state index >= 15 is 0 Å². The van der Waals surface area contributed by atoms with E-state index in [1.54, 1.807) is 12.4 Å². The topological polar surface area (TPSA) is 97.1 Å². The molecule has 0 aliphatic heterocycles. The Morgan fingerprint density at radius 3 is 2.70 bits per heavy atom. The summed E-state index contributed by atoms with van der Waals surface area (Å²) < 4.78 is 3.23. The van der Waals surface area contributed by atoms with E-state index in [0.29, 0.717) is 11.3 Å². The van der Waals surface area contributed by atoms with Crippen LogP contribution in [-0.4, -0.2) is 30.1 Å². The van der Waals surface area contributed by atoms with Crippen LogP contribution < -0.4 is 10.9 Å². The van der Waals surface area contributed by atoms with Crippen LogP contribution in [0.3, 0.4) is 0 Å². The lowest BCUT2D eigenvalue weighted by Gasteiger charge is -2.06. The van der Waals surface area contributed by atoms with Crippen LogP contribution >= 0.6 is 0 Å². The van der Waals surface area contributed by atoms with E-state index in [2.05, 4.69) is 20.4 Å². The molecule has 5 rings (SSSR count). The number of aromatic nitrogens is 5. The zero-order valence-electron chi connectivity index (χ0n) is 16.4. The fourth-order valence-electron chi connectivity index (χ4n) is 3.62. The summed E-state index contributed by atoms with van der Waals surface area (Å²) in [7, 11) is 1.89. The lowest BCUT2D eigenvalue weighted by Crippen LogP contribution is -2.21. The number of amides is 1. The first-order valence-electron chi connectivity index (χ1n) is 9.41. The minimum Gasteiger partial charge on any atom is -0.334 e. The van der Waals surface area contributed by atoms with Crippen LogP contribution in [0.1, 0.15) is 16.2 Å². The van der Waals surface area contributed by atoms with Crippen molar-refractivity contribution in [1.29, 1.82) is 0 Å². The van der Waals surface area contributed by atoms with Crippen molar-refractivity contribution in [3.05, 3.63) is 82.7 Å². The lowest BCUT2D eigenvalue weighted by molar-refractivity contribution is 0.102. The Labute approximate surface area is 170 Å². The van der Waals surface area contributed by atoms with Gasteiger partial charge in [0.15, 0.2) is 5.65 Å². The third-order valence-electron chi connectivity index (χ3n) is 5.08. The van der Waals surface area contributed by atoms with Crippen molar-refractivity contribution < 1.29 is 4.79 Å². The number of nitrogens with zero attached hydrogens (tertiary/aromatic N) is 4. The van der Waals surface area contributed by atoms with Gasteiger partial charge in [-0.3, -0.25) is 14.7 Å². The van der Waals surface area contributed by atoms with E-state index in [9.17, 15) is 9.59 Å². The van der Waals surface area contributed by atoms with Crippen LogP contribution in [0, 0.1) is 6.92 Å². The van der Waals surface area contributed by atoms with Gasteiger partial charge in [-0.2, -0.15) is 0 Å². The molecular formula is C22H18N6O2. The van der Waals surface area contributed by atoms with E-state index in [0.717, 1.165) is 27.9 Å². The van der Waals surface area contributed by atoms with Gasteiger partial charge in [-0.05, 0) is 30.7 Å². The monoisotopic (exact) mass is 398 g/mol. The second-order valence-electron chi connectivity index (χ2n) is 7.13. The van der Waals surface area contributed by atoms with E-state index in [4.69, 9.17) is 0 Å². The van der Waals surface area contributed by atoms with Crippen molar-refractivity contribution >= 4 is 28.3 Å². The Bertz CT molecular complexity index is 1480. The van der Waals surface area contributed by atoms with Crippen LogP contribution in [0.2, 0.25) is 0 Å². The average Bonchev–Trinajstić information content (AvgIpc) is 3.28. The highest BCUT2D eigenvalue weighted by Gasteiger charge is 2.17. The molecule has 1 amide bonds. The Balaban J connectivity index is 1.57. The molecule has 8 nitrogen and oxygen atoms in total. The molecule has 5 aromatic rings. The quantitative estimate of drug-likeness (QED) is 0.488. The maximum Gasteiger partial charge on any atom is 0.274 e. The van der Waals surface area contributed by atoms with E-state index in [1.807, 2.05) is 61.0 Å². The summed E-state index contributed by atoms with van der Waals surface area (Å²) in [6.07, 6.45) is 1.71. The molecule has 30 heavy (non-hydrogen) atoms. The summed E-state index contributed by atoms with van der Waals surface area (Å²) in [5.41, 5.74) is 4.96. The minimum absolute atomic E-state index is 0.0567. The highest BCUT2D eigenvalue weighted by atomic mass is 16.2. The number of anilines is 1. The van der Waals surface area contributed by atoms with Gasteiger partial charge in [0, 0.05) is 30.1 Å². The minimum atomic E-state index is -0.450. The summed E-state index contributed by atoms with van der Waals surface area (Å²) in [6, 6.07) is 16.3. The average molecular weight is 398 g/mol. The molecule has 0 fully saturated rings. The molecule has 0 unspecified atom stereocenters. The Kier molecular flexibility index (Phi) is 3.99. The summed E-state index contributed by atoms with van der Waals surface area (Å²) in [5.74, 6) is -0.450. The Morgan fingerprint density at radius 2 is 1.90 bits per heavy atom. The number of aromatic amines is 1. The fourth-order valence-corrected chi connectivity index (χ4v) is 3.62. The molecule has 0 bridgehead atoms. The van der Waals surface area contributed by atoms with Gasteiger partial charge in [0.25, 0.3) is 11.5 Å². The normalized spacial score (nSPS) is 11.3. The first-order chi connectivity index (χ1) is 14.5. The number of hydrogen-bond donors (Lipinski definition) is 2. The van der Waals surface area contributed by atoms with Crippen molar-refractivity contribution in [3.8, 4) is 11.1 Å². The van der Waals surface area contributed by atoms with Gasteiger partial charge in [-0.1, -0.05) is 30.3 Å². The lowest BCUT2D eigenvalue weighted by atomic mass is 10.1. The van der Waals surface area contributed by atoms with E-state index in [-0.39, 0.29) is 11.3 Å². The number of benzene rings is 2. The van der Waals surface area contributed by atoms with Gasteiger partial charge < -0.3 is 9.88 Å². The van der Waals surface area contributed by atoms with Gasteiger partial charge in [-0.15, -0.1) is 0 Å². The molecule has 2 aromatic carbocycles. The summed E-state index contributed by atoms with van der Waals surface area (Å²) in [5, 5.41) is 5.86. The Hall–Kier alpha value is -4.20. The SMILES string of the molecule is Cc1[nH]n2c(=O)cc(C(=O)Nc3ccc4ncn(C)c4c3)nc2c1-c1ccccc1. The maximum atomic E-state index is 12.9. The predicted octanol–water partition coefficient (Wildman–Crippen LogP) is 3.14. The van der Waals surface area contributed by atoms with Crippen molar-refractivity contribution in [2.45, 2.75) is 6.92 Å². The van der Waals surface area contributed by atoms with Crippen LogP contribution in [0.15, 0.2) is 65.7 Å². The standard InChI is InChI=1S/C22H18N6O2/c1-13-20(14-6-4-3-5-7-14)21-25-17(11-19(29)28(21)26-13)22(30)24-15-8-9-16-18(10-15)27(2)12-23-16/h3-12,26H,1-2H3,(H,24,30). The van der Waals surface area contributed by atoms with Crippen LogP contribution in [0.25, 0.3) is 27.8 Å². The second-order valence-corrected chi connectivity index (χ2v) is 7.13. The molecule has 0 spiro atoms. The number of fused-ring (bicyclic) bond motifs is 2. The maximum absolute atomic E-state index is 12.9. The number of carbonyl (C=O) groups is 1. The van der Waals surface area contributed by atoms with E-state index in [1.165, 1.54) is 10.6 Å². The van der Waals surface area contributed by atoms with E-state index < -0.39 is 5.91 Å². The second kappa shape index (κ2) is 6.70. The molecule has 2 N–H and O–H groups in total. The fraction of sp³-hybridized carbons (Fsp3) is 0.0909. The van der Waals surface area contributed by atoms with Crippen molar-refractivity contribution in [3.63, 3.8) is 0 Å². The highest BCUT2D eigenvalue weighted by Crippen LogP contribution is 2.26. The largest absolute Gasteiger partial charge is 0.334 e. The van der Waals surface area contributed by atoms with Crippen LogP contribution in [0.4, 0.5) is 5.69 Å². The summed E-state index contributed by atoms with van der Waals surface area (Å²) in [6.45, 7) is 1.87. The third kappa shape index (κ3) is 2.86. The summed E-state index contributed by atoms with van der Waals surface area (Å²) in [4.78, 5) is 34.3. The number of hydrogen-bond acceptors (Lipinski definition) is 4. The number of aryl methyl sites for hydroxylation is 2. The molecule has 3 aromatic heterocycles. The van der Waals surface area contributed by atoms with Gasteiger partial charge in [0.2, 0.25) is 0 Å². The van der Waals surface area contributed by atoms with Gasteiger partial charge >= 0.3 is 0 Å². The molecule has 0 saturated carbocycles. The third-order valence-corrected chi connectivity index (χ3v) is 5.08. The molecular weight excluding hydrogens is 380 g/mol. The number of imidazole rings is 1. The van der Waals surface area contributed by atoms with Crippen molar-refractivity contribution in [1.82, 2.24) is 24.1 Å². The first-order valence-corrected chi connectivity index (χ1v) is 9.41. The molecule has 8 heteroatoms. The molecule has 0 aliphatic carbocycles. The number of carbonyl (C=O) groups excluding carboxylic acids is 1. The van der Waals surface area contributed by atoms with Crippen LogP contribution in [0.5, 0.6) is 0 Å². The molecule has 0 atom stereocenters. The zero-order chi connectivity index (χ0) is 20.8. The highest BCUT2D eigenvalue weighted by molar-refractivity contribution is 6.04. The number of nitrogens with one attached hydrogen (secondary N) is 2. The van der Waals surface area contributed by atoms with Gasteiger partial charge in [-0.25, -0.2) is 14.5 Å². The van der Waals surface area contributed by atoms with Gasteiger partial charge in [0.1, 0.15) is 5.69 Å². The van der Waals surface area contributed by atoms with Crippen molar-refractivity contribution in [2.75, 3.05) is 5.32 Å². The zero-order valence-corrected chi connectivity index (χ0v) is 16.4. The molecule has 0 saturated heterocycles. The van der Waals surface area contributed by atoms with Crippen molar-refractivity contribution in [2.24, 2.45) is 7.05 Å².